The first-order valence-electron chi connectivity index (χ1n) is 6.46. The van der Waals surface area contributed by atoms with Gasteiger partial charge in [-0.15, -0.1) is 0 Å². The number of anilines is 1. The highest BCUT2D eigenvalue weighted by molar-refractivity contribution is 5.48. The van der Waals surface area contributed by atoms with Crippen molar-refractivity contribution >= 4 is 5.69 Å². The molecule has 4 heteroatoms. The van der Waals surface area contributed by atoms with Crippen LogP contribution in [0.1, 0.15) is 38.4 Å². The molecule has 1 fully saturated rings. The fourth-order valence-electron chi connectivity index (χ4n) is 2.42. The summed E-state index contributed by atoms with van der Waals surface area (Å²) in [7, 11) is 0. The van der Waals surface area contributed by atoms with Gasteiger partial charge in [0.05, 0.1) is 6.61 Å². The van der Waals surface area contributed by atoms with Crippen LogP contribution in [-0.2, 0) is 9.47 Å². The highest BCUT2D eigenvalue weighted by atomic mass is 16.8. The number of rotatable bonds is 4. The van der Waals surface area contributed by atoms with Crippen molar-refractivity contribution in [3.8, 4) is 0 Å². The molecule has 3 N–H and O–H groups in total. The van der Waals surface area contributed by atoms with Gasteiger partial charge in [0, 0.05) is 11.3 Å². The van der Waals surface area contributed by atoms with E-state index >= 15 is 0 Å². The fraction of sp³-hybridized carbons (Fsp3) is 0.571. The normalized spacial score (nSPS) is 26.4. The largest absolute Gasteiger partial charge is 0.398 e. The number of nitrogen functional groups attached to an aromatic ring is 1. The van der Waals surface area contributed by atoms with Gasteiger partial charge in [-0.1, -0.05) is 32.0 Å². The summed E-state index contributed by atoms with van der Waals surface area (Å²) in [5.74, 6) is -0.597. The first-order valence-corrected chi connectivity index (χ1v) is 6.46. The highest BCUT2D eigenvalue weighted by Gasteiger charge is 2.46. The van der Waals surface area contributed by atoms with E-state index < -0.39 is 5.79 Å². The van der Waals surface area contributed by atoms with E-state index in [4.69, 9.17) is 15.2 Å². The molecule has 0 bridgehead atoms. The van der Waals surface area contributed by atoms with Crippen LogP contribution in [0.2, 0.25) is 0 Å². The molecule has 4 nitrogen and oxygen atoms in total. The molecule has 100 valence electrons. The molecule has 1 aromatic rings. The number of hydrogen-bond acceptors (Lipinski definition) is 4. The Labute approximate surface area is 108 Å². The predicted octanol–water partition coefficient (Wildman–Crippen LogP) is 2.23. The van der Waals surface area contributed by atoms with Crippen LogP contribution >= 0.6 is 0 Å². The Hall–Kier alpha value is -1.10. The van der Waals surface area contributed by atoms with Crippen molar-refractivity contribution in [2.75, 3.05) is 12.3 Å². The molecule has 2 rings (SSSR count). The van der Waals surface area contributed by atoms with E-state index in [1.54, 1.807) is 0 Å². The van der Waals surface area contributed by atoms with Gasteiger partial charge in [-0.2, -0.15) is 0 Å². The monoisotopic (exact) mass is 251 g/mol. The summed E-state index contributed by atoms with van der Waals surface area (Å²) < 4.78 is 11.9. The van der Waals surface area contributed by atoms with Crippen LogP contribution in [0, 0.1) is 0 Å². The minimum absolute atomic E-state index is 0.0687. The number of ether oxygens (including phenoxy) is 2. The lowest BCUT2D eigenvalue weighted by molar-refractivity contribution is -0.181. The summed E-state index contributed by atoms with van der Waals surface area (Å²) in [4.78, 5) is 0. The standard InChI is InChI=1S/C14H21NO3/c1-3-14(4-2)17-12(9-16)13(18-14)10-7-5-6-8-11(10)15/h5-8,12-13,16H,3-4,9,15H2,1-2H3/t12-,13-/m0/s1. The number of para-hydroxylation sites is 1. The van der Waals surface area contributed by atoms with Crippen molar-refractivity contribution < 1.29 is 14.6 Å². The van der Waals surface area contributed by atoms with Crippen molar-refractivity contribution in [3.05, 3.63) is 29.8 Å². The van der Waals surface area contributed by atoms with E-state index in [2.05, 4.69) is 0 Å². The lowest BCUT2D eigenvalue weighted by Gasteiger charge is -2.25. The molecule has 2 atom stereocenters. The maximum Gasteiger partial charge on any atom is 0.169 e. The summed E-state index contributed by atoms with van der Waals surface area (Å²) in [6.45, 7) is 3.98. The average molecular weight is 251 g/mol. The minimum Gasteiger partial charge on any atom is -0.398 e. The molecule has 0 aliphatic carbocycles. The number of aliphatic hydroxyl groups is 1. The van der Waals surface area contributed by atoms with Crippen LogP contribution in [0.4, 0.5) is 5.69 Å². The zero-order valence-corrected chi connectivity index (χ0v) is 10.9. The third kappa shape index (κ3) is 2.23. The van der Waals surface area contributed by atoms with Crippen LogP contribution < -0.4 is 5.73 Å². The van der Waals surface area contributed by atoms with Crippen LogP contribution in [-0.4, -0.2) is 23.6 Å². The molecule has 18 heavy (non-hydrogen) atoms. The zero-order valence-electron chi connectivity index (χ0n) is 10.9. The summed E-state index contributed by atoms with van der Waals surface area (Å²) in [6.07, 6.45) is 0.859. The van der Waals surface area contributed by atoms with Gasteiger partial charge in [-0.3, -0.25) is 0 Å². The number of hydrogen-bond donors (Lipinski definition) is 2. The second kappa shape index (κ2) is 5.26. The fourth-order valence-corrected chi connectivity index (χ4v) is 2.42. The summed E-state index contributed by atoms with van der Waals surface area (Å²) in [6, 6.07) is 7.56. The van der Waals surface area contributed by atoms with Gasteiger partial charge in [-0.25, -0.2) is 0 Å². The molecular formula is C14H21NO3. The molecule has 0 aromatic heterocycles. The Morgan fingerprint density at radius 2 is 1.89 bits per heavy atom. The highest BCUT2D eigenvalue weighted by Crippen LogP contribution is 2.43. The van der Waals surface area contributed by atoms with Crippen LogP contribution in [0.25, 0.3) is 0 Å². The van der Waals surface area contributed by atoms with Crippen molar-refractivity contribution in [2.24, 2.45) is 0 Å². The maximum atomic E-state index is 9.47. The Balaban J connectivity index is 2.30. The third-order valence-corrected chi connectivity index (χ3v) is 3.61. The van der Waals surface area contributed by atoms with E-state index in [-0.39, 0.29) is 18.8 Å². The second-order valence-electron chi connectivity index (χ2n) is 4.62. The van der Waals surface area contributed by atoms with E-state index in [0.717, 1.165) is 18.4 Å². The molecular weight excluding hydrogens is 230 g/mol. The van der Waals surface area contributed by atoms with E-state index in [0.29, 0.717) is 5.69 Å². The second-order valence-corrected chi connectivity index (χ2v) is 4.62. The lowest BCUT2D eigenvalue weighted by atomic mass is 10.0. The molecule has 0 saturated carbocycles. The first kappa shape index (κ1) is 13.3. The molecule has 1 aliphatic heterocycles. The molecule has 0 unspecified atom stereocenters. The quantitative estimate of drug-likeness (QED) is 0.805. The van der Waals surface area contributed by atoms with Crippen LogP contribution in [0.15, 0.2) is 24.3 Å². The maximum absolute atomic E-state index is 9.47. The van der Waals surface area contributed by atoms with Gasteiger partial charge >= 0.3 is 0 Å². The third-order valence-electron chi connectivity index (χ3n) is 3.61. The van der Waals surface area contributed by atoms with Crippen molar-refractivity contribution in [1.82, 2.24) is 0 Å². The van der Waals surface area contributed by atoms with Gasteiger partial charge in [0.2, 0.25) is 0 Å². The minimum atomic E-state index is -0.597. The van der Waals surface area contributed by atoms with Crippen molar-refractivity contribution in [1.29, 1.82) is 0 Å². The summed E-state index contributed by atoms with van der Waals surface area (Å²) in [5.41, 5.74) is 7.53. The lowest BCUT2D eigenvalue weighted by Crippen LogP contribution is -2.29. The van der Waals surface area contributed by atoms with Crippen molar-refractivity contribution in [3.63, 3.8) is 0 Å². The molecule has 0 amide bonds. The Morgan fingerprint density at radius 1 is 1.22 bits per heavy atom. The van der Waals surface area contributed by atoms with Crippen LogP contribution in [0.5, 0.6) is 0 Å². The van der Waals surface area contributed by atoms with Gasteiger partial charge in [-0.05, 0) is 18.9 Å². The molecule has 0 radical (unpaired) electrons. The summed E-state index contributed by atoms with van der Waals surface area (Å²) in [5, 5.41) is 9.47. The Morgan fingerprint density at radius 3 is 2.44 bits per heavy atom. The number of nitrogens with two attached hydrogens (primary N) is 1. The van der Waals surface area contributed by atoms with E-state index in [1.807, 2.05) is 38.1 Å². The number of aliphatic hydroxyl groups excluding tert-OH is 1. The number of benzene rings is 1. The van der Waals surface area contributed by atoms with E-state index in [9.17, 15) is 5.11 Å². The molecule has 0 spiro atoms. The first-order chi connectivity index (χ1) is 8.65. The molecule has 1 heterocycles. The Bertz CT molecular complexity index is 404. The molecule has 1 aliphatic rings. The van der Waals surface area contributed by atoms with Gasteiger partial charge in [0.15, 0.2) is 5.79 Å². The van der Waals surface area contributed by atoms with E-state index in [1.165, 1.54) is 0 Å². The van der Waals surface area contributed by atoms with Crippen molar-refractivity contribution in [2.45, 2.75) is 44.7 Å². The molecule has 1 saturated heterocycles. The van der Waals surface area contributed by atoms with Gasteiger partial charge in [0.25, 0.3) is 0 Å². The smallest absolute Gasteiger partial charge is 0.169 e. The Kier molecular flexibility index (Phi) is 3.90. The summed E-state index contributed by atoms with van der Waals surface area (Å²) >= 11 is 0. The predicted molar refractivity (Wildman–Crippen MR) is 70.0 cm³/mol. The molecule has 1 aromatic carbocycles. The van der Waals surface area contributed by atoms with Crippen LogP contribution in [0.3, 0.4) is 0 Å². The zero-order chi connectivity index (χ0) is 13.2. The van der Waals surface area contributed by atoms with Gasteiger partial charge < -0.3 is 20.3 Å². The van der Waals surface area contributed by atoms with Gasteiger partial charge in [0.1, 0.15) is 12.2 Å². The topological polar surface area (TPSA) is 64.7 Å². The average Bonchev–Trinajstić information content (AvgIpc) is 2.79. The SMILES string of the molecule is CCC1(CC)O[C@@H](CO)[C@H](c2ccccc2N)O1.